The molecule has 1 fully saturated rings. The number of fused-ring (bicyclic) bond motifs is 2. The summed E-state index contributed by atoms with van der Waals surface area (Å²) < 4.78 is 6.50. The van der Waals surface area contributed by atoms with Crippen LogP contribution in [0.5, 0.6) is 5.88 Å². The monoisotopic (exact) mass is 476 g/mol. The summed E-state index contributed by atoms with van der Waals surface area (Å²) in [6, 6.07) is 12.2. The van der Waals surface area contributed by atoms with Crippen molar-refractivity contribution in [3.05, 3.63) is 59.6 Å². The molecule has 0 amide bonds. The van der Waals surface area contributed by atoms with Gasteiger partial charge in [-0.1, -0.05) is 23.7 Å². The Bertz CT molecular complexity index is 1300. The van der Waals surface area contributed by atoms with Gasteiger partial charge in [-0.3, -0.25) is 4.98 Å². The van der Waals surface area contributed by atoms with Crippen LogP contribution in [0.1, 0.15) is 45.3 Å². The highest BCUT2D eigenvalue weighted by Gasteiger charge is 2.24. The Kier molecular flexibility index (Phi) is 6.48. The first-order chi connectivity index (χ1) is 16.5. The van der Waals surface area contributed by atoms with Gasteiger partial charge in [-0.2, -0.15) is 0 Å². The van der Waals surface area contributed by atoms with E-state index in [-0.39, 0.29) is 12.1 Å². The van der Waals surface area contributed by atoms with Gasteiger partial charge >= 0.3 is 0 Å². The standard InChI is InChI=1S/C26H29ClN6O/c1-16(2)33-12-9-19(10-13-33)34-26-23-18(6-4-7-20(23)27)14-22(32-26)17(3)31-25-24-21(29-15-30-25)8-5-11-28-24/h4-8,11,14-17,19H,9-10,12-13H2,1-3H3,(H,29,30,31)/t17-/m0/s1. The summed E-state index contributed by atoms with van der Waals surface area (Å²) in [6.07, 6.45) is 5.36. The maximum atomic E-state index is 6.60. The van der Waals surface area contributed by atoms with Crippen molar-refractivity contribution in [1.29, 1.82) is 0 Å². The minimum Gasteiger partial charge on any atom is -0.474 e. The molecule has 1 atom stereocenters. The van der Waals surface area contributed by atoms with Gasteiger partial charge in [0, 0.05) is 25.3 Å². The number of hydrogen-bond acceptors (Lipinski definition) is 7. The molecule has 0 aliphatic carbocycles. The number of nitrogens with one attached hydrogen (secondary N) is 1. The Morgan fingerprint density at radius 1 is 1.06 bits per heavy atom. The number of hydrogen-bond donors (Lipinski definition) is 1. The van der Waals surface area contributed by atoms with Gasteiger partial charge in [0.15, 0.2) is 5.82 Å². The molecular formula is C26H29ClN6O. The van der Waals surface area contributed by atoms with E-state index in [1.165, 1.54) is 0 Å². The molecule has 0 spiro atoms. The smallest absolute Gasteiger partial charge is 0.223 e. The summed E-state index contributed by atoms with van der Waals surface area (Å²) in [7, 11) is 0. The van der Waals surface area contributed by atoms with Crippen molar-refractivity contribution < 1.29 is 4.74 Å². The lowest BCUT2D eigenvalue weighted by Gasteiger charge is -2.34. The lowest BCUT2D eigenvalue weighted by Crippen LogP contribution is -2.41. The minimum absolute atomic E-state index is 0.121. The Hall–Kier alpha value is -3.03. The molecule has 1 N–H and O–H groups in total. The van der Waals surface area contributed by atoms with Gasteiger partial charge in [0.05, 0.1) is 27.7 Å². The van der Waals surface area contributed by atoms with E-state index in [1.54, 1.807) is 12.5 Å². The molecule has 4 aromatic rings. The molecule has 1 saturated heterocycles. The highest BCUT2D eigenvalue weighted by atomic mass is 35.5. The Morgan fingerprint density at radius 3 is 2.68 bits per heavy atom. The van der Waals surface area contributed by atoms with E-state index in [1.807, 2.05) is 24.3 Å². The van der Waals surface area contributed by atoms with Crippen LogP contribution < -0.4 is 10.1 Å². The van der Waals surface area contributed by atoms with Crippen LogP contribution in [0.25, 0.3) is 21.8 Å². The first kappa shape index (κ1) is 22.7. The van der Waals surface area contributed by atoms with E-state index in [0.29, 0.717) is 22.8 Å². The zero-order valence-electron chi connectivity index (χ0n) is 19.7. The second-order valence-corrected chi connectivity index (χ2v) is 9.50. The van der Waals surface area contributed by atoms with Crippen LogP contribution in [0.4, 0.5) is 5.82 Å². The fraction of sp³-hybridized carbons (Fsp3) is 0.385. The molecule has 5 rings (SSSR count). The second kappa shape index (κ2) is 9.68. The topological polar surface area (TPSA) is 76.1 Å². The largest absolute Gasteiger partial charge is 0.474 e. The summed E-state index contributed by atoms with van der Waals surface area (Å²) in [6.45, 7) is 8.59. The lowest BCUT2D eigenvalue weighted by molar-refractivity contribution is 0.0822. The molecule has 0 saturated carbocycles. The van der Waals surface area contributed by atoms with Crippen molar-refractivity contribution in [1.82, 2.24) is 24.8 Å². The third-order valence-corrected chi connectivity index (χ3v) is 6.79. The van der Waals surface area contributed by atoms with Gasteiger partial charge < -0.3 is 15.0 Å². The van der Waals surface area contributed by atoms with Crippen LogP contribution in [0.2, 0.25) is 5.02 Å². The number of rotatable bonds is 6. The van der Waals surface area contributed by atoms with Gasteiger partial charge in [0.25, 0.3) is 0 Å². The quantitative estimate of drug-likeness (QED) is 0.385. The zero-order chi connectivity index (χ0) is 23.7. The summed E-state index contributed by atoms with van der Waals surface area (Å²) in [5.74, 6) is 1.27. The zero-order valence-corrected chi connectivity index (χ0v) is 20.5. The van der Waals surface area contributed by atoms with Gasteiger partial charge in [-0.05, 0) is 63.3 Å². The molecule has 4 heterocycles. The van der Waals surface area contributed by atoms with E-state index in [0.717, 1.165) is 53.4 Å². The van der Waals surface area contributed by atoms with Gasteiger partial charge in [0.2, 0.25) is 5.88 Å². The lowest BCUT2D eigenvalue weighted by atomic mass is 10.1. The number of likely N-dealkylation sites (tertiary alicyclic amines) is 1. The number of pyridine rings is 2. The molecule has 3 aromatic heterocycles. The summed E-state index contributed by atoms with van der Waals surface area (Å²) in [5.41, 5.74) is 2.38. The van der Waals surface area contributed by atoms with Crippen molar-refractivity contribution >= 4 is 39.2 Å². The van der Waals surface area contributed by atoms with E-state index in [2.05, 4.69) is 58.1 Å². The molecule has 8 heteroatoms. The fourth-order valence-corrected chi connectivity index (χ4v) is 4.77. The van der Waals surface area contributed by atoms with E-state index < -0.39 is 0 Å². The maximum absolute atomic E-state index is 6.60. The number of anilines is 1. The van der Waals surface area contributed by atoms with Crippen LogP contribution in [-0.2, 0) is 0 Å². The van der Waals surface area contributed by atoms with Crippen molar-refractivity contribution in [2.45, 2.75) is 51.8 Å². The first-order valence-electron chi connectivity index (χ1n) is 11.8. The van der Waals surface area contributed by atoms with Crippen molar-refractivity contribution in [3.8, 4) is 5.88 Å². The van der Waals surface area contributed by atoms with Crippen LogP contribution in [0.15, 0.2) is 48.9 Å². The van der Waals surface area contributed by atoms with Crippen LogP contribution in [-0.4, -0.2) is 50.1 Å². The molecule has 1 aromatic carbocycles. The summed E-state index contributed by atoms with van der Waals surface area (Å²) >= 11 is 6.60. The molecule has 7 nitrogen and oxygen atoms in total. The third kappa shape index (κ3) is 4.63. The third-order valence-electron chi connectivity index (χ3n) is 6.47. The predicted molar refractivity (Wildman–Crippen MR) is 136 cm³/mol. The molecule has 176 valence electrons. The number of aromatic nitrogens is 4. The minimum atomic E-state index is -0.131. The Morgan fingerprint density at radius 2 is 1.88 bits per heavy atom. The summed E-state index contributed by atoms with van der Waals surface area (Å²) in [4.78, 5) is 20.6. The van der Waals surface area contributed by atoms with Gasteiger partial charge in [-0.15, -0.1) is 0 Å². The fourth-order valence-electron chi connectivity index (χ4n) is 4.50. The number of benzene rings is 1. The first-order valence-corrected chi connectivity index (χ1v) is 12.2. The molecule has 0 bridgehead atoms. The molecule has 34 heavy (non-hydrogen) atoms. The number of piperidine rings is 1. The Labute approximate surface area is 204 Å². The normalized spacial score (nSPS) is 16.3. The van der Waals surface area contributed by atoms with Crippen LogP contribution in [0.3, 0.4) is 0 Å². The molecular weight excluding hydrogens is 448 g/mol. The molecule has 1 aliphatic rings. The number of halogens is 1. The maximum Gasteiger partial charge on any atom is 0.223 e. The summed E-state index contributed by atoms with van der Waals surface area (Å²) in [5, 5.41) is 5.98. The molecule has 0 radical (unpaired) electrons. The highest BCUT2D eigenvalue weighted by Crippen LogP contribution is 2.35. The van der Waals surface area contributed by atoms with Gasteiger partial charge in [-0.25, -0.2) is 15.0 Å². The van der Waals surface area contributed by atoms with E-state index in [9.17, 15) is 0 Å². The van der Waals surface area contributed by atoms with Crippen LogP contribution in [0, 0.1) is 0 Å². The van der Waals surface area contributed by atoms with E-state index in [4.69, 9.17) is 21.3 Å². The molecule has 0 unspecified atom stereocenters. The highest BCUT2D eigenvalue weighted by molar-refractivity contribution is 6.36. The van der Waals surface area contributed by atoms with Crippen molar-refractivity contribution in [2.75, 3.05) is 18.4 Å². The average Bonchev–Trinajstić information content (AvgIpc) is 2.84. The van der Waals surface area contributed by atoms with Gasteiger partial charge in [0.1, 0.15) is 17.9 Å². The average molecular weight is 477 g/mol. The van der Waals surface area contributed by atoms with Crippen molar-refractivity contribution in [2.24, 2.45) is 0 Å². The second-order valence-electron chi connectivity index (χ2n) is 9.10. The Balaban J connectivity index is 1.45. The number of ether oxygens (including phenoxy) is 1. The van der Waals surface area contributed by atoms with Crippen LogP contribution >= 0.6 is 11.6 Å². The SMILES string of the molecule is CC(C)N1CCC(Oc2nc([C@H](C)Nc3ncnc4cccnc34)cc3cccc(Cl)c23)CC1. The number of nitrogens with zero attached hydrogens (tertiary/aromatic N) is 5. The molecule has 1 aliphatic heterocycles. The van der Waals surface area contributed by atoms with E-state index >= 15 is 0 Å². The van der Waals surface area contributed by atoms with Crippen molar-refractivity contribution in [3.63, 3.8) is 0 Å². The predicted octanol–water partition coefficient (Wildman–Crippen LogP) is 5.65.